The Balaban J connectivity index is 0.00000225. The number of rotatable bonds is 4. The second-order valence-corrected chi connectivity index (χ2v) is 6.90. The zero-order valence-electron chi connectivity index (χ0n) is 16.3. The molecule has 2 aromatic rings. The number of nitrogens with one attached hydrogen (secondary N) is 1. The summed E-state index contributed by atoms with van der Waals surface area (Å²) in [5, 5.41) is 3.39. The first-order valence-electron chi connectivity index (χ1n) is 9.45. The molecule has 0 amide bonds. The van der Waals surface area contributed by atoms with Gasteiger partial charge in [-0.15, -0.1) is 12.4 Å². The average Bonchev–Trinajstić information content (AvgIpc) is 2.72. The Morgan fingerprint density at radius 2 is 1.36 bits per heavy atom. The number of anilines is 4. The van der Waals surface area contributed by atoms with Gasteiger partial charge in [-0.3, -0.25) is 0 Å². The van der Waals surface area contributed by atoms with Crippen LogP contribution in [0.3, 0.4) is 0 Å². The number of hydrogen-bond acceptors (Lipinski definition) is 8. The second kappa shape index (κ2) is 9.36. The highest BCUT2D eigenvalue weighted by Gasteiger charge is 2.21. The molecule has 0 aliphatic carbocycles. The van der Waals surface area contributed by atoms with Gasteiger partial charge in [0.15, 0.2) is 0 Å². The lowest BCUT2D eigenvalue weighted by Crippen LogP contribution is -2.40. The van der Waals surface area contributed by atoms with E-state index in [9.17, 15) is 0 Å². The van der Waals surface area contributed by atoms with Crippen LogP contribution in [0.4, 0.5) is 23.5 Å². The molecule has 2 saturated heterocycles. The highest BCUT2D eigenvalue weighted by molar-refractivity contribution is 5.85. The summed E-state index contributed by atoms with van der Waals surface area (Å²) >= 11 is 0. The SMILES string of the molecule is Cc1ccc(C)c(Nc2nc(N3CCOCC3)nc(N3CCOCC3)n2)c1.Cl. The Labute approximate surface area is 171 Å². The van der Waals surface area contributed by atoms with Gasteiger partial charge in [0.05, 0.1) is 26.4 Å². The summed E-state index contributed by atoms with van der Waals surface area (Å²) in [6.45, 7) is 10.1. The maximum absolute atomic E-state index is 5.47. The fraction of sp³-hybridized carbons (Fsp3) is 0.526. The van der Waals surface area contributed by atoms with Crippen LogP contribution in [-0.2, 0) is 9.47 Å². The molecule has 0 saturated carbocycles. The van der Waals surface area contributed by atoms with Crippen LogP contribution in [-0.4, -0.2) is 67.6 Å². The summed E-state index contributed by atoms with van der Waals surface area (Å²) in [7, 11) is 0. The van der Waals surface area contributed by atoms with Crippen molar-refractivity contribution in [1.82, 2.24) is 15.0 Å². The monoisotopic (exact) mass is 406 g/mol. The molecule has 0 bridgehead atoms. The summed E-state index contributed by atoms with van der Waals surface area (Å²) in [4.78, 5) is 18.4. The molecule has 0 atom stereocenters. The van der Waals surface area contributed by atoms with Crippen molar-refractivity contribution in [2.24, 2.45) is 0 Å². The molecule has 9 heteroatoms. The van der Waals surface area contributed by atoms with E-state index in [0.29, 0.717) is 44.3 Å². The number of morpholine rings is 2. The minimum atomic E-state index is 0. The first-order chi connectivity index (χ1) is 13.2. The Kier molecular flexibility index (Phi) is 6.88. The molecular weight excluding hydrogens is 380 g/mol. The van der Waals surface area contributed by atoms with E-state index in [4.69, 9.17) is 24.4 Å². The molecule has 4 rings (SSSR count). The van der Waals surface area contributed by atoms with Crippen molar-refractivity contribution in [3.63, 3.8) is 0 Å². The summed E-state index contributed by atoms with van der Waals surface area (Å²) in [5.74, 6) is 1.96. The quantitative estimate of drug-likeness (QED) is 0.829. The van der Waals surface area contributed by atoms with Gasteiger partial charge in [-0.1, -0.05) is 12.1 Å². The first kappa shape index (κ1) is 20.6. The number of ether oxygens (including phenoxy) is 2. The molecular formula is C19H27ClN6O2. The second-order valence-electron chi connectivity index (χ2n) is 6.90. The Morgan fingerprint density at radius 1 is 0.821 bits per heavy atom. The minimum absolute atomic E-state index is 0. The smallest absolute Gasteiger partial charge is 0.233 e. The van der Waals surface area contributed by atoms with E-state index in [1.165, 1.54) is 5.56 Å². The van der Waals surface area contributed by atoms with Gasteiger partial charge < -0.3 is 24.6 Å². The van der Waals surface area contributed by atoms with E-state index < -0.39 is 0 Å². The third-order valence-electron chi connectivity index (χ3n) is 4.84. The average molecular weight is 407 g/mol. The van der Waals surface area contributed by atoms with E-state index >= 15 is 0 Å². The van der Waals surface area contributed by atoms with E-state index in [0.717, 1.165) is 37.4 Å². The van der Waals surface area contributed by atoms with Gasteiger partial charge in [0.1, 0.15) is 0 Å². The molecule has 1 aromatic carbocycles. The van der Waals surface area contributed by atoms with Crippen molar-refractivity contribution in [3.05, 3.63) is 29.3 Å². The van der Waals surface area contributed by atoms with Crippen LogP contribution in [0.1, 0.15) is 11.1 Å². The van der Waals surface area contributed by atoms with Crippen molar-refractivity contribution in [3.8, 4) is 0 Å². The van der Waals surface area contributed by atoms with Gasteiger partial charge in [0.2, 0.25) is 17.8 Å². The van der Waals surface area contributed by atoms with Gasteiger partial charge >= 0.3 is 0 Å². The fourth-order valence-electron chi connectivity index (χ4n) is 3.21. The summed E-state index contributed by atoms with van der Waals surface area (Å²) < 4.78 is 10.9. The van der Waals surface area contributed by atoms with Gasteiger partial charge in [-0.2, -0.15) is 15.0 Å². The summed E-state index contributed by atoms with van der Waals surface area (Å²) in [6, 6.07) is 6.32. The molecule has 3 heterocycles. The molecule has 0 radical (unpaired) electrons. The fourth-order valence-corrected chi connectivity index (χ4v) is 3.21. The lowest BCUT2D eigenvalue weighted by atomic mass is 10.1. The van der Waals surface area contributed by atoms with Crippen LogP contribution in [0.5, 0.6) is 0 Å². The number of aromatic nitrogens is 3. The topological polar surface area (TPSA) is 75.6 Å². The first-order valence-corrected chi connectivity index (χ1v) is 9.45. The Bertz CT molecular complexity index is 758. The summed E-state index contributed by atoms with van der Waals surface area (Å²) in [5.41, 5.74) is 3.36. The van der Waals surface area contributed by atoms with Gasteiger partial charge in [0, 0.05) is 31.9 Å². The lowest BCUT2D eigenvalue weighted by Gasteiger charge is -2.30. The molecule has 28 heavy (non-hydrogen) atoms. The van der Waals surface area contributed by atoms with E-state index in [2.05, 4.69) is 47.2 Å². The molecule has 2 aliphatic rings. The number of halogens is 1. The predicted molar refractivity (Wildman–Crippen MR) is 112 cm³/mol. The van der Waals surface area contributed by atoms with Crippen LogP contribution in [0.15, 0.2) is 18.2 Å². The maximum Gasteiger partial charge on any atom is 0.233 e. The molecule has 8 nitrogen and oxygen atoms in total. The van der Waals surface area contributed by atoms with Crippen molar-refractivity contribution in [1.29, 1.82) is 0 Å². The number of aryl methyl sites for hydroxylation is 2. The Hall–Kier alpha value is -2.16. The number of benzene rings is 1. The standard InChI is InChI=1S/C19H26N6O2.ClH/c1-14-3-4-15(2)16(13-14)20-17-21-18(24-5-9-26-10-6-24)23-19(22-17)25-7-11-27-12-8-25;/h3-4,13H,5-12H2,1-2H3,(H,20,21,22,23);1H. The van der Waals surface area contributed by atoms with Crippen LogP contribution in [0.2, 0.25) is 0 Å². The van der Waals surface area contributed by atoms with Gasteiger partial charge in [0.25, 0.3) is 0 Å². The highest BCUT2D eigenvalue weighted by Crippen LogP contribution is 2.23. The number of nitrogens with zero attached hydrogens (tertiary/aromatic N) is 5. The van der Waals surface area contributed by atoms with Crippen LogP contribution >= 0.6 is 12.4 Å². The lowest BCUT2D eigenvalue weighted by molar-refractivity contribution is 0.121. The van der Waals surface area contributed by atoms with Gasteiger partial charge in [-0.25, -0.2) is 0 Å². The third-order valence-corrected chi connectivity index (χ3v) is 4.84. The number of hydrogen-bond donors (Lipinski definition) is 1. The predicted octanol–water partition coefficient (Wildman–Crippen LogP) is 2.33. The summed E-state index contributed by atoms with van der Waals surface area (Å²) in [6.07, 6.45) is 0. The maximum atomic E-state index is 5.47. The normalized spacial score (nSPS) is 17.2. The van der Waals surface area contributed by atoms with Crippen molar-refractivity contribution in [2.75, 3.05) is 67.7 Å². The van der Waals surface area contributed by atoms with E-state index in [1.54, 1.807) is 0 Å². The largest absolute Gasteiger partial charge is 0.378 e. The molecule has 2 fully saturated rings. The molecule has 0 unspecified atom stereocenters. The molecule has 2 aliphatic heterocycles. The third kappa shape index (κ3) is 4.81. The van der Waals surface area contributed by atoms with Crippen molar-refractivity contribution >= 4 is 35.9 Å². The van der Waals surface area contributed by atoms with Gasteiger partial charge in [-0.05, 0) is 31.0 Å². The van der Waals surface area contributed by atoms with Crippen molar-refractivity contribution in [2.45, 2.75) is 13.8 Å². The molecule has 1 aromatic heterocycles. The minimum Gasteiger partial charge on any atom is -0.378 e. The molecule has 1 N–H and O–H groups in total. The molecule has 0 spiro atoms. The van der Waals surface area contributed by atoms with Crippen LogP contribution < -0.4 is 15.1 Å². The van der Waals surface area contributed by atoms with Crippen LogP contribution in [0.25, 0.3) is 0 Å². The Morgan fingerprint density at radius 3 is 1.89 bits per heavy atom. The zero-order chi connectivity index (χ0) is 18.6. The zero-order valence-corrected chi connectivity index (χ0v) is 17.2. The van der Waals surface area contributed by atoms with E-state index in [-0.39, 0.29) is 12.4 Å². The molecule has 152 valence electrons. The highest BCUT2D eigenvalue weighted by atomic mass is 35.5. The van der Waals surface area contributed by atoms with Crippen LogP contribution in [0, 0.1) is 13.8 Å². The van der Waals surface area contributed by atoms with Crippen molar-refractivity contribution < 1.29 is 9.47 Å². The van der Waals surface area contributed by atoms with E-state index in [1.807, 2.05) is 0 Å².